The molecule has 10 heteroatoms. The van der Waals surface area contributed by atoms with Crippen molar-refractivity contribution >= 4 is 29.1 Å². The molecule has 3 rings (SSSR count). The fraction of sp³-hybridized carbons (Fsp3) is 0.333. The average molecular weight is 423 g/mol. The summed E-state index contributed by atoms with van der Waals surface area (Å²) in [4.78, 5) is 41.2. The highest BCUT2D eigenvalue weighted by atomic mass is 16.6. The first-order valence-corrected chi connectivity index (χ1v) is 9.70. The largest absolute Gasteiger partial charge is 0.455 e. The van der Waals surface area contributed by atoms with Crippen LogP contribution in [0.15, 0.2) is 36.5 Å². The third-order valence-electron chi connectivity index (χ3n) is 5.15. The number of benzene rings is 1. The van der Waals surface area contributed by atoms with E-state index in [0.717, 1.165) is 5.82 Å². The molecule has 1 fully saturated rings. The molecule has 160 valence electrons. The van der Waals surface area contributed by atoms with Gasteiger partial charge in [-0.1, -0.05) is 6.07 Å². The number of amides is 1. The van der Waals surface area contributed by atoms with E-state index in [1.165, 1.54) is 25.3 Å². The molecule has 1 amide bonds. The summed E-state index contributed by atoms with van der Waals surface area (Å²) >= 11 is 0. The Morgan fingerprint density at radius 1 is 1.32 bits per heavy atom. The van der Waals surface area contributed by atoms with Crippen LogP contribution in [0.25, 0.3) is 0 Å². The van der Waals surface area contributed by atoms with Crippen LogP contribution in [0.3, 0.4) is 0 Å². The van der Waals surface area contributed by atoms with E-state index in [-0.39, 0.29) is 11.6 Å². The number of pyridine rings is 1. The van der Waals surface area contributed by atoms with Gasteiger partial charge in [0.15, 0.2) is 6.61 Å². The van der Waals surface area contributed by atoms with E-state index >= 15 is 0 Å². The summed E-state index contributed by atoms with van der Waals surface area (Å²) in [6.07, 6.45) is 2.63. The Morgan fingerprint density at radius 3 is 2.68 bits per heavy atom. The van der Waals surface area contributed by atoms with E-state index in [1.807, 2.05) is 11.0 Å². The number of ether oxygens (including phenoxy) is 1. The molecule has 0 bridgehead atoms. The van der Waals surface area contributed by atoms with E-state index < -0.39 is 23.4 Å². The Balaban J connectivity index is 1.47. The summed E-state index contributed by atoms with van der Waals surface area (Å²) in [5, 5.41) is 22.4. The van der Waals surface area contributed by atoms with Gasteiger partial charge in [0.05, 0.1) is 27.7 Å². The number of nitriles is 1. The molecule has 2 heterocycles. The molecule has 2 aromatic rings. The van der Waals surface area contributed by atoms with Crippen LogP contribution in [-0.2, 0) is 14.3 Å². The molecule has 0 aliphatic carbocycles. The highest BCUT2D eigenvalue weighted by Gasteiger charge is 2.27. The molecule has 1 aliphatic heterocycles. The predicted molar refractivity (Wildman–Crippen MR) is 111 cm³/mol. The maximum atomic E-state index is 12.3. The Hall–Kier alpha value is -4.00. The number of rotatable bonds is 6. The van der Waals surface area contributed by atoms with Crippen molar-refractivity contribution in [3.8, 4) is 6.07 Å². The van der Waals surface area contributed by atoms with Crippen LogP contribution in [-0.4, -0.2) is 41.5 Å². The van der Waals surface area contributed by atoms with Crippen molar-refractivity contribution in [1.29, 1.82) is 5.26 Å². The van der Waals surface area contributed by atoms with Gasteiger partial charge < -0.3 is 15.0 Å². The molecule has 0 spiro atoms. The van der Waals surface area contributed by atoms with Gasteiger partial charge in [0, 0.05) is 25.4 Å². The average Bonchev–Trinajstić information content (AvgIpc) is 2.79. The van der Waals surface area contributed by atoms with Crippen molar-refractivity contribution in [3.63, 3.8) is 0 Å². The van der Waals surface area contributed by atoms with Gasteiger partial charge in [-0.05, 0) is 38.0 Å². The molecule has 1 N–H and O–H groups in total. The molecule has 1 aromatic carbocycles. The zero-order valence-electron chi connectivity index (χ0n) is 16.9. The summed E-state index contributed by atoms with van der Waals surface area (Å²) in [6, 6.07) is 9.88. The van der Waals surface area contributed by atoms with Gasteiger partial charge in [0.25, 0.3) is 11.6 Å². The highest BCUT2D eigenvalue weighted by molar-refractivity contribution is 5.94. The minimum atomic E-state index is -0.559. The maximum Gasteiger partial charge on any atom is 0.309 e. The van der Waals surface area contributed by atoms with Gasteiger partial charge in [-0.2, -0.15) is 5.26 Å². The van der Waals surface area contributed by atoms with Crippen molar-refractivity contribution in [2.24, 2.45) is 5.92 Å². The van der Waals surface area contributed by atoms with Gasteiger partial charge in [0.1, 0.15) is 11.9 Å². The second-order valence-corrected chi connectivity index (χ2v) is 7.14. The number of piperidine rings is 1. The minimum absolute atomic E-state index is 0.0988. The van der Waals surface area contributed by atoms with Crippen LogP contribution < -0.4 is 10.2 Å². The normalized spacial score (nSPS) is 13.9. The van der Waals surface area contributed by atoms with Gasteiger partial charge in [-0.15, -0.1) is 0 Å². The number of carbonyl (C=O) groups excluding carboxylic acids is 2. The standard InChI is InChI=1S/C21H21N5O5/c1-14-17(3-2-4-18(14)26(29)30)24-20(27)13-31-21(28)16-7-9-25(10-8-16)19-6-5-15(11-22)12-23-19/h2-6,12,16H,7-10,13H2,1H3,(H,24,27). The lowest BCUT2D eigenvalue weighted by Gasteiger charge is -2.31. The number of aromatic nitrogens is 1. The molecule has 10 nitrogen and oxygen atoms in total. The van der Waals surface area contributed by atoms with Crippen LogP contribution in [0.4, 0.5) is 17.2 Å². The lowest BCUT2D eigenvalue weighted by molar-refractivity contribution is -0.385. The van der Waals surface area contributed by atoms with Crippen LogP contribution in [0.2, 0.25) is 0 Å². The highest BCUT2D eigenvalue weighted by Crippen LogP contribution is 2.25. The van der Waals surface area contributed by atoms with Crippen LogP contribution in [0.5, 0.6) is 0 Å². The molecule has 31 heavy (non-hydrogen) atoms. The molecule has 0 saturated carbocycles. The van der Waals surface area contributed by atoms with Crippen molar-refractivity contribution in [2.45, 2.75) is 19.8 Å². The number of anilines is 2. The molecule has 0 atom stereocenters. The summed E-state index contributed by atoms with van der Waals surface area (Å²) < 4.78 is 5.15. The van der Waals surface area contributed by atoms with Crippen molar-refractivity contribution < 1.29 is 19.2 Å². The van der Waals surface area contributed by atoms with Crippen LogP contribution >= 0.6 is 0 Å². The van der Waals surface area contributed by atoms with Gasteiger partial charge >= 0.3 is 5.97 Å². The molecular weight excluding hydrogens is 402 g/mol. The van der Waals surface area contributed by atoms with Crippen LogP contribution in [0, 0.1) is 34.3 Å². The third kappa shape index (κ3) is 5.33. The van der Waals surface area contributed by atoms with E-state index in [9.17, 15) is 19.7 Å². The third-order valence-corrected chi connectivity index (χ3v) is 5.15. The first-order valence-electron chi connectivity index (χ1n) is 9.70. The number of nitro groups is 1. The van der Waals surface area contributed by atoms with Gasteiger partial charge in [-0.25, -0.2) is 4.98 Å². The molecular formula is C21H21N5O5. The molecule has 1 saturated heterocycles. The summed E-state index contributed by atoms with van der Waals surface area (Å²) in [7, 11) is 0. The molecule has 1 aromatic heterocycles. The van der Waals surface area contributed by atoms with Crippen molar-refractivity contribution in [1.82, 2.24) is 4.98 Å². The second kappa shape index (κ2) is 9.67. The maximum absolute atomic E-state index is 12.3. The SMILES string of the molecule is Cc1c(NC(=O)COC(=O)C2CCN(c3ccc(C#N)cn3)CC2)cccc1[N+](=O)[O-]. The first kappa shape index (κ1) is 21.7. The van der Waals surface area contributed by atoms with E-state index in [1.54, 1.807) is 18.2 Å². The summed E-state index contributed by atoms with van der Waals surface area (Å²) in [6.45, 7) is 2.30. The number of carbonyl (C=O) groups is 2. The fourth-order valence-corrected chi connectivity index (χ4v) is 3.38. The van der Waals surface area contributed by atoms with E-state index in [0.29, 0.717) is 42.7 Å². The Morgan fingerprint density at radius 2 is 2.06 bits per heavy atom. The first-order chi connectivity index (χ1) is 14.9. The van der Waals surface area contributed by atoms with Gasteiger partial charge in [-0.3, -0.25) is 19.7 Å². The second-order valence-electron chi connectivity index (χ2n) is 7.14. The van der Waals surface area contributed by atoms with Crippen molar-refractivity contribution in [2.75, 3.05) is 29.9 Å². The quantitative estimate of drug-likeness (QED) is 0.425. The molecule has 1 aliphatic rings. The zero-order valence-corrected chi connectivity index (χ0v) is 16.9. The Labute approximate surface area is 178 Å². The number of nitrogens with one attached hydrogen (secondary N) is 1. The number of nitrogens with zero attached hydrogens (tertiary/aromatic N) is 4. The smallest absolute Gasteiger partial charge is 0.309 e. The molecule has 0 unspecified atom stereocenters. The fourth-order valence-electron chi connectivity index (χ4n) is 3.38. The number of nitro benzene ring substituents is 1. The predicted octanol–water partition coefficient (Wildman–Crippen LogP) is 2.57. The monoisotopic (exact) mass is 423 g/mol. The summed E-state index contributed by atoms with van der Waals surface area (Å²) in [5.41, 5.74) is 1.02. The number of esters is 1. The van der Waals surface area contributed by atoms with Crippen LogP contribution in [0.1, 0.15) is 24.0 Å². The number of hydrogen-bond acceptors (Lipinski definition) is 8. The van der Waals surface area contributed by atoms with E-state index in [4.69, 9.17) is 10.00 Å². The van der Waals surface area contributed by atoms with Gasteiger partial charge in [0.2, 0.25) is 0 Å². The topological polar surface area (TPSA) is 138 Å². The van der Waals surface area contributed by atoms with Crippen molar-refractivity contribution in [3.05, 3.63) is 57.8 Å². The Kier molecular flexibility index (Phi) is 6.77. The summed E-state index contributed by atoms with van der Waals surface area (Å²) in [5.74, 6) is -0.575. The minimum Gasteiger partial charge on any atom is -0.455 e. The Bertz CT molecular complexity index is 1020. The number of hydrogen-bond donors (Lipinski definition) is 1. The lowest BCUT2D eigenvalue weighted by Crippen LogP contribution is -2.38. The molecule has 0 radical (unpaired) electrons. The zero-order chi connectivity index (χ0) is 22.4. The van der Waals surface area contributed by atoms with E-state index in [2.05, 4.69) is 10.3 Å². The lowest BCUT2D eigenvalue weighted by atomic mass is 9.97.